The molecule has 6 nitrogen and oxygen atoms in total. The van der Waals surface area contributed by atoms with Crippen LogP contribution in [0.25, 0.3) is 0 Å². The molecule has 0 aromatic carbocycles. The lowest BCUT2D eigenvalue weighted by Gasteiger charge is -2.05. The maximum atomic E-state index is 12.4. The number of aromatic nitrogens is 4. The van der Waals surface area contributed by atoms with Gasteiger partial charge in [0.2, 0.25) is 5.91 Å². The van der Waals surface area contributed by atoms with E-state index in [0.29, 0.717) is 17.1 Å². The monoisotopic (exact) mass is 287 g/mol. The number of nitrogens with zero attached hydrogens (tertiary/aromatic N) is 3. The zero-order valence-corrected chi connectivity index (χ0v) is 10.7. The van der Waals surface area contributed by atoms with Gasteiger partial charge < -0.3 is 5.32 Å². The Morgan fingerprint density at radius 2 is 2.15 bits per heavy atom. The SMILES string of the molecule is Cc1n[nH]c(C)c1NC(=O)Cn1ccc(C(F)(F)F)n1. The lowest BCUT2D eigenvalue weighted by atomic mass is 10.3. The van der Waals surface area contributed by atoms with Gasteiger partial charge in [0.05, 0.1) is 17.1 Å². The van der Waals surface area contributed by atoms with Crippen LogP contribution in [0, 0.1) is 13.8 Å². The molecule has 0 saturated carbocycles. The van der Waals surface area contributed by atoms with E-state index in [1.807, 2.05) is 0 Å². The molecule has 2 heterocycles. The molecule has 0 unspecified atom stereocenters. The standard InChI is InChI=1S/C11H12F3N5O/c1-6-10(7(2)17-16-6)15-9(20)5-19-4-3-8(18-19)11(12,13)14/h3-4H,5H2,1-2H3,(H,15,20)(H,16,17). The van der Waals surface area contributed by atoms with Gasteiger partial charge in [0, 0.05) is 6.20 Å². The number of halogens is 3. The second-order valence-corrected chi connectivity index (χ2v) is 4.25. The average molecular weight is 287 g/mol. The quantitative estimate of drug-likeness (QED) is 0.905. The summed E-state index contributed by atoms with van der Waals surface area (Å²) in [6.45, 7) is 3.13. The van der Waals surface area contributed by atoms with E-state index >= 15 is 0 Å². The van der Waals surface area contributed by atoms with E-state index in [1.54, 1.807) is 13.8 Å². The minimum absolute atomic E-state index is 0.305. The van der Waals surface area contributed by atoms with Crippen molar-refractivity contribution in [3.8, 4) is 0 Å². The molecule has 9 heteroatoms. The summed E-state index contributed by atoms with van der Waals surface area (Å²) in [5, 5.41) is 12.5. The van der Waals surface area contributed by atoms with Crippen LogP contribution in [-0.2, 0) is 17.5 Å². The molecule has 20 heavy (non-hydrogen) atoms. The Bertz CT molecular complexity index is 609. The van der Waals surface area contributed by atoms with Gasteiger partial charge in [-0.05, 0) is 19.9 Å². The topological polar surface area (TPSA) is 75.6 Å². The van der Waals surface area contributed by atoms with Crippen molar-refractivity contribution in [2.24, 2.45) is 0 Å². The van der Waals surface area contributed by atoms with Gasteiger partial charge in [-0.3, -0.25) is 14.6 Å². The molecule has 0 bridgehead atoms. The number of rotatable bonds is 3. The lowest BCUT2D eigenvalue weighted by molar-refractivity contribution is -0.141. The van der Waals surface area contributed by atoms with E-state index in [-0.39, 0.29) is 6.54 Å². The largest absolute Gasteiger partial charge is 0.435 e. The number of carbonyl (C=O) groups excluding carboxylic acids is 1. The molecular weight excluding hydrogens is 275 g/mol. The summed E-state index contributed by atoms with van der Waals surface area (Å²) in [6, 6.07) is 0.821. The molecule has 2 N–H and O–H groups in total. The van der Waals surface area contributed by atoms with Crippen molar-refractivity contribution in [1.82, 2.24) is 20.0 Å². The van der Waals surface area contributed by atoms with Crippen LogP contribution in [0.15, 0.2) is 12.3 Å². The van der Waals surface area contributed by atoms with E-state index in [4.69, 9.17) is 0 Å². The number of anilines is 1. The highest BCUT2D eigenvalue weighted by Crippen LogP contribution is 2.27. The summed E-state index contributed by atoms with van der Waals surface area (Å²) in [5.74, 6) is -0.477. The number of aryl methyl sites for hydroxylation is 2. The van der Waals surface area contributed by atoms with Gasteiger partial charge in [-0.1, -0.05) is 0 Å². The van der Waals surface area contributed by atoms with E-state index in [9.17, 15) is 18.0 Å². The molecule has 0 saturated heterocycles. The third-order valence-electron chi connectivity index (χ3n) is 2.63. The first-order valence-corrected chi connectivity index (χ1v) is 5.69. The first-order valence-electron chi connectivity index (χ1n) is 5.69. The van der Waals surface area contributed by atoms with Gasteiger partial charge >= 0.3 is 6.18 Å². The van der Waals surface area contributed by atoms with Crippen molar-refractivity contribution in [3.05, 3.63) is 29.3 Å². The molecule has 0 atom stereocenters. The molecule has 0 fully saturated rings. The van der Waals surface area contributed by atoms with Gasteiger partial charge in [0.1, 0.15) is 6.54 Å². The molecule has 0 spiro atoms. The van der Waals surface area contributed by atoms with Crippen LogP contribution in [0.2, 0.25) is 0 Å². The minimum Gasteiger partial charge on any atom is -0.321 e. The number of hydrogen-bond donors (Lipinski definition) is 2. The number of nitrogens with one attached hydrogen (secondary N) is 2. The van der Waals surface area contributed by atoms with Crippen LogP contribution in [0.3, 0.4) is 0 Å². The summed E-state index contributed by atoms with van der Waals surface area (Å²) in [6.07, 6.45) is -3.41. The summed E-state index contributed by atoms with van der Waals surface area (Å²) < 4.78 is 38.0. The Morgan fingerprint density at radius 3 is 2.65 bits per heavy atom. The normalized spacial score (nSPS) is 11.7. The van der Waals surface area contributed by atoms with Crippen LogP contribution in [0.5, 0.6) is 0 Å². The fourth-order valence-corrected chi connectivity index (χ4v) is 1.66. The predicted molar refractivity (Wildman–Crippen MR) is 63.9 cm³/mol. The zero-order chi connectivity index (χ0) is 14.9. The van der Waals surface area contributed by atoms with E-state index in [1.165, 1.54) is 0 Å². The number of amides is 1. The minimum atomic E-state index is -4.51. The first kappa shape index (κ1) is 14.1. The Labute approximate surface area is 112 Å². The molecule has 0 aliphatic carbocycles. The fraction of sp³-hybridized carbons (Fsp3) is 0.364. The third-order valence-corrected chi connectivity index (χ3v) is 2.63. The number of aromatic amines is 1. The van der Waals surface area contributed by atoms with Gasteiger partial charge in [0.25, 0.3) is 0 Å². The number of alkyl halides is 3. The maximum Gasteiger partial charge on any atom is 0.435 e. The number of H-pyrrole nitrogens is 1. The second kappa shape index (κ2) is 4.99. The molecular formula is C11H12F3N5O. The fourth-order valence-electron chi connectivity index (χ4n) is 1.66. The summed E-state index contributed by atoms with van der Waals surface area (Å²) in [7, 11) is 0. The molecule has 1 amide bonds. The van der Waals surface area contributed by atoms with Crippen molar-refractivity contribution in [2.75, 3.05) is 5.32 Å². The molecule has 0 aliphatic heterocycles. The average Bonchev–Trinajstić information content (AvgIpc) is 2.90. The van der Waals surface area contributed by atoms with Gasteiger partial charge in [-0.2, -0.15) is 23.4 Å². The van der Waals surface area contributed by atoms with E-state index < -0.39 is 17.8 Å². The maximum absolute atomic E-state index is 12.4. The number of hydrogen-bond acceptors (Lipinski definition) is 3. The Hall–Kier alpha value is -2.32. The van der Waals surface area contributed by atoms with Gasteiger partial charge in [-0.25, -0.2) is 0 Å². The molecule has 108 valence electrons. The predicted octanol–water partition coefficient (Wildman–Crippen LogP) is 1.88. The second-order valence-electron chi connectivity index (χ2n) is 4.25. The van der Waals surface area contributed by atoms with Gasteiger partial charge in [-0.15, -0.1) is 0 Å². The van der Waals surface area contributed by atoms with Crippen molar-refractivity contribution in [3.63, 3.8) is 0 Å². The van der Waals surface area contributed by atoms with Crippen LogP contribution in [0.1, 0.15) is 17.1 Å². The van der Waals surface area contributed by atoms with Crippen molar-refractivity contribution >= 4 is 11.6 Å². The van der Waals surface area contributed by atoms with Crippen LogP contribution in [0.4, 0.5) is 18.9 Å². The molecule has 0 radical (unpaired) electrons. The third kappa shape index (κ3) is 2.98. The van der Waals surface area contributed by atoms with Crippen LogP contribution in [-0.4, -0.2) is 25.9 Å². The molecule has 2 rings (SSSR count). The number of carbonyl (C=O) groups is 1. The zero-order valence-electron chi connectivity index (χ0n) is 10.7. The Morgan fingerprint density at radius 1 is 1.45 bits per heavy atom. The smallest absolute Gasteiger partial charge is 0.321 e. The highest BCUT2D eigenvalue weighted by atomic mass is 19.4. The molecule has 2 aromatic rings. The molecule has 2 aromatic heterocycles. The lowest BCUT2D eigenvalue weighted by Crippen LogP contribution is -2.20. The van der Waals surface area contributed by atoms with E-state index in [0.717, 1.165) is 16.9 Å². The van der Waals surface area contributed by atoms with E-state index in [2.05, 4.69) is 20.6 Å². The van der Waals surface area contributed by atoms with Crippen molar-refractivity contribution in [1.29, 1.82) is 0 Å². The summed E-state index contributed by atoms with van der Waals surface area (Å²) in [5.41, 5.74) is 0.777. The summed E-state index contributed by atoms with van der Waals surface area (Å²) >= 11 is 0. The highest BCUT2D eigenvalue weighted by molar-refractivity contribution is 5.91. The first-order chi connectivity index (χ1) is 9.27. The Balaban J connectivity index is 2.04. The summed E-state index contributed by atoms with van der Waals surface area (Å²) in [4.78, 5) is 11.7. The van der Waals surface area contributed by atoms with Crippen LogP contribution >= 0.6 is 0 Å². The van der Waals surface area contributed by atoms with Crippen molar-refractivity contribution < 1.29 is 18.0 Å². The van der Waals surface area contributed by atoms with Crippen LogP contribution < -0.4 is 5.32 Å². The Kier molecular flexibility index (Phi) is 3.51. The van der Waals surface area contributed by atoms with Gasteiger partial charge in [0.15, 0.2) is 5.69 Å². The highest BCUT2D eigenvalue weighted by Gasteiger charge is 2.33. The van der Waals surface area contributed by atoms with Crippen molar-refractivity contribution in [2.45, 2.75) is 26.6 Å². The molecule has 0 aliphatic rings.